The number of hydrogen-bond acceptors (Lipinski definition) is 6. The summed E-state index contributed by atoms with van der Waals surface area (Å²) in [7, 11) is 0. The monoisotopic (exact) mass is 371 g/mol. The molecule has 0 radical (unpaired) electrons. The Morgan fingerprint density at radius 2 is 2.15 bits per heavy atom. The van der Waals surface area contributed by atoms with Gasteiger partial charge in [0.1, 0.15) is 17.8 Å². The minimum absolute atomic E-state index is 0.0279. The second kappa shape index (κ2) is 7.61. The molecule has 0 N–H and O–H groups in total. The van der Waals surface area contributed by atoms with Gasteiger partial charge in [-0.3, -0.25) is 4.79 Å². The number of carbonyl (C=O) groups is 1. The van der Waals surface area contributed by atoms with E-state index < -0.39 is 0 Å². The Morgan fingerprint density at radius 1 is 1.30 bits per heavy atom. The van der Waals surface area contributed by atoms with E-state index in [4.69, 9.17) is 13.7 Å². The lowest BCUT2D eigenvalue weighted by molar-refractivity contribution is 0.0789. The summed E-state index contributed by atoms with van der Waals surface area (Å²) in [6.07, 6.45) is 4.18. The highest BCUT2D eigenvalue weighted by atomic mass is 19.1. The van der Waals surface area contributed by atoms with Crippen molar-refractivity contribution < 1.29 is 22.9 Å². The van der Waals surface area contributed by atoms with Gasteiger partial charge < -0.3 is 18.6 Å². The van der Waals surface area contributed by atoms with E-state index in [0.29, 0.717) is 49.1 Å². The van der Waals surface area contributed by atoms with Crippen LogP contribution in [-0.4, -0.2) is 40.6 Å². The molecule has 1 aromatic carbocycles. The third kappa shape index (κ3) is 3.99. The highest BCUT2D eigenvalue weighted by Crippen LogP contribution is 2.27. The van der Waals surface area contributed by atoms with E-state index in [9.17, 15) is 9.18 Å². The molecule has 0 aliphatic carbocycles. The zero-order valence-corrected chi connectivity index (χ0v) is 14.5. The smallest absolute Gasteiger partial charge is 0.257 e. The molecule has 1 saturated heterocycles. The fraction of sp³-hybridized carbons (Fsp3) is 0.316. The summed E-state index contributed by atoms with van der Waals surface area (Å²) in [6, 6.07) is 7.49. The maximum Gasteiger partial charge on any atom is 0.257 e. The molecule has 7 nitrogen and oxygen atoms in total. The third-order valence-corrected chi connectivity index (χ3v) is 4.48. The highest BCUT2D eigenvalue weighted by molar-refractivity contribution is 5.94. The van der Waals surface area contributed by atoms with Crippen LogP contribution in [0.1, 0.15) is 34.4 Å². The van der Waals surface area contributed by atoms with Crippen molar-refractivity contribution in [1.29, 1.82) is 0 Å². The second-order valence-electron chi connectivity index (χ2n) is 6.35. The Kier molecular flexibility index (Phi) is 4.86. The van der Waals surface area contributed by atoms with Gasteiger partial charge in [-0.25, -0.2) is 4.39 Å². The standard InChI is InChI=1S/C19H18FN3O4/c20-15-1-3-16(4-2-15)26-10-7-17-21-18(27-22-17)13-5-8-23(11-13)19(24)14-6-9-25-12-14/h1-4,6,9,12-13H,5,7-8,10-11H2. The fourth-order valence-electron chi connectivity index (χ4n) is 3.04. The van der Waals surface area contributed by atoms with Crippen molar-refractivity contribution in [1.82, 2.24) is 15.0 Å². The molecule has 3 aromatic rings. The lowest BCUT2D eigenvalue weighted by Crippen LogP contribution is -2.28. The van der Waals surface area contributed by atoms with Gasteiger partial charge in [0, 0.05) is 19.5 Å². The van der Waals surface area contributed by atoms with Crippen LogP contribution < -0.4 is 4.74 Å². The normalized spacial score (nSPS) is 16.6. The molecule has 0 spiro atoms. The van der Waals surface area contributed by atoms with Crippen molar-refractivity contribution in [3.8, 4) is 5.75 Å². The first kappa shape index (κ1) is 17.3. The minimum Gasteiger partial charge on any atom is -0.493 e. The zero-order chi connectivity index (χ0) is 18.6. The summed E-state index contributed by atoms with van der Waals surface area (Å²) in [4.78, 5) is 18.5. The average Bonchev–Trinajstić information content (AvgIpc) is 3.44. The van der Waals surface area contributed by atoms with E-state index in [1.54, 1.807) is 23.1 Å². The Labute approximate surface area is 154 Å². The van der Waals surface area contributed by atoms with Crippen molar-refractivity contribution in [2.45, 2.75) is 18.8 Å². The summed E-state index contributed by atoms with van der Waals surface area (Å²) in [5.74, 6) is 1.34. The Bertz CT molecular complexity index is 892. The first-order valence-electron chi connectivity index (χ1n) is 8.71. The van der Waals surface area contributed by atoms with Crippen molar-refractivity contribution in [2.75, 3.05) is 19.7 Å². The summed E-state index contributed by atoms with van der Waals surface area (Å²) in [6.45, 7) is 1.54. The van der Waals surface area contributed by atoms with Gasteiger partial charge in [-0.05, 0) is 36.8 Å². The molecule has 4 rings (SSSR count). The number of hydrogen-bond donors (Lipinski definition) is 0. The van der Waals surface area contributed by atoms with Gasteiger partial charge in [-0.15, -0.1) is 0 Å². The topological polar surface area (TPSA) is 81.6 Å². The van der Waals surface area contributed by atoms with Crippen LogP contribution in [0.4, 0.5) is 4.39 Å². The molecule has 1 aliphatic rings. The average molecular weight is 371 g/mol. The first-order valence-corrected chi connectivity index (χ1v) is 8.71. The molecule has 8 heteroatoms. The predicted molar refractivity (Wildman–Crippen MR) is 91.9 cm³/mol. The number of nitrogens with zero attached hydrogens (tertiary/aromatic N) is 3. The molecule has 2 aromatic heterocycles. The van der Waals surface area contributed by atoms with E-state index in [1.807, 2.05) is 0 Å². The van der Waals surface area contributed by atoms with Crippen LogP contribution in [0.2, 0.25) is 0 Å². The van der Waals surface area contributed by atoms with Crippen LogP contribution in [0.3, 0.4) is 0 Å². The molecule has 0 saturated carbocycles. The molecule has 3 heterocycles. The lowest BCUT2D eigenvalue weighted by Gasteiger charge is -2.14. The number of likely N-dealkylation sites (tertiary alicyclic amines) is 1. The SMILES string of the molecule is O=C(c1ccoc1)N1CCC(c2nc(CCOc3ccc(F)cc3)no2)C1. The molecule has 140 valence electrons. The lowest BCUT2D eigenvalue weighted by atomic mass is 10.1. The van der Waals surface area contributed by atoms with Gasteiger partial charge in [0.15, 0.2) is 5.82 Å². The Balaban J connectivity index is 1.29. The molecule has 1 fully saturated rings. The zero-order valence-electron chi connectivity index (χ0n) is 14.5. The summed E-state index contributed by atoms with van der Waals surface area (Å²) in [5, 5.41) is 3.98. The van der Waals surface area contributed by atoms with Gasteiger partial charge in [-0.2, -0.15) is 4.98 Å². The number of ether oxygens (including phenoxy) is 1. The van der Waals surface area contributed by atoms with Crippen LogP contribution in [0.5, 0.6) is 5.75 Å². The van der Waals surface area contributed by atoms with E-state index in [1.165, 1.54) is 24.7 Å². The van der Waals surface area contributed by atoms with Gasteiger partial charge in [0.25, 0.3) is 5.91 Å². The number of furan rings is 1. The molecule has 1 aliphatic heterocycles. The van der Waals surface area contributed by atoms with Crippen LogP contribution in [0, 0.1) is 5.82 Å². The first-order chi connectivity index (χ1) is 13.2. The largest absolute Gasteiger partial charge is 0.493 e. The van der Waals surface area contributed by atoms with Crippen molar-refractivity contribution in [3.05, 3.63) is 66.0 Å². The number of rotatable bonds is 6. The number of benzene rings is 1. The predicted octanol–water partition coefficient (Wildman–Crippen LogP) is 3.05. The van der Waals surface area contributed by atoms with Crippen LogP contribution in [0.25, 0.3) is 0 Å². The van der Waals surface area contributed by atoms with Gasteiger partial charge in [0.05, 0.1) is 24.4 Å². The molecular weight excluding hydrogens is 353 g/mol. The van der Waals surface area contributed by atoms with Gasteiger partial charge in [0.2, 0.25) is 5.89 Å². The van der Waals surface area contributed by atoms with Crippen LogP contribution in [-0.2, 0) is 6.42 Å². The molecule has 1 amide bonds. The number of amides is 1. The quantitative estimate of drug-likeness (QED) is 0.662. The molecule has 1 atom stereocenters. The van der Waals surface area contributed by atoms with Crippen LogP contribution in [0.15, 0.2) is 51.8 Å². The highest BCUT2D eigenvalue weighted by Gasteiger charge is 2.31. The summed E-state index contributed by atoms with van der Waals surface area (Å²) < 4.78 is 28.7. The number of carbonyl (C=O) groups excluding carboxylic acids is 1. The molecular formula is C19H18FN3O4. The van der Waals surface area contributed by atoms with E-state index in [2.05, 4.69) is 10.1 Å². The number of halogens is 1. The Hall–Kier alpha value is -3.16. The second-order valence-corrected chi connectivity index (χ2v) is 6.35. The van der Waals surface area contributed by atoms with Crippen LogP contribution >= 0.6 is 0 Å². The molecule has 0 bridgehead atoms. The number of aromatic nitrogens is 2. The fourth-order valence-corrected chi connectivity index (χ4v) is 3.04. The maximum absolute atomic E-state index is 12.9. The van der Waals surface area contributed by atoms with E-state index >= 15 is 0 Å². The van der Waals surface area contributed by atoms with Crippen molar-refractivity contribution in [2.24, 2.45) is 0 Å². The van der Waals surface area contributed by atoms with E-state index in [0.717, 1.165) is 6.42 Å². The van der Waals surface area contributed by atoms with Crippen molar-refractivity contribution in [3.63, 3.8) is 0 Å². The third-order valence-electron chi connectivity index (χ3n) is 4.48. The Morgan fingerprint density at radius 3 is 2.93 bits per heavy atom. The maximum atomic E-state index is 12.9. The summed E-state index contributed by atoms with van der Waals surface area (Å²) in [5.41, 5.74) is 0.541. The van der Waals surface area contributed by atoms with Crippen molar-refractivity contribution >= 4 is 5.91 Å². The van der Waals surface area contributed by atoms with Gasteiger partial charge >= 0.3 is 0 Å². The summed E-state index contributed by atoms with van der Waals surface area (Å²) >= 11 is 0. The van der Waals surface area contributed by atoms with E-state index in [-0.39, 0.29) is 17.6 Å². The van der Waals surface area contributed by atoms with Gasteiger partial charge in [-0.1, -0.05) is 5.16 Å². The minimum atomic E-state index is -0.304. The molecule has 27 heavy (non-hydrogen) atoms. The molecule has 1 unspecified atom stereocenters.